The van der Waals surface area contributed by atoms with Gasteiger partial charge in [-0.05, 0) is 52.8 Å². The van der Waals surface area contributed by atoms with E-state index in [1.165, 1.54) is 12.1 Å². The highest BCUT2D eigenvalue weighted by Crippen LogP contribution is 2.29. The van der Waals surface area contributed by atoms with E-state index in [2.05, 4.69) is 26.2 Å². The van der Waals surface area contributed by atoms with Crippen LogP contribution in [0.3, 0.4) is 0 Å². The number of nitrogens with one attached hydrogen (secondary N) is 1. The molecule has 18 heavy (non-hydrogen) atoms. The van der Waals surface area contributed by atoms with Crippen LogP contribution in [0.4, 0.5) is 4.39 Å². The van der Waals surface area contributed by atoms with Gasteiger partial charge in [0.1, 0.15) is 11.6 Å². The van der Waals surface area contributed by atoms with Gasteiger partial charge in [-0.2, -0.15) is 0 Å². The Hall–Kier alpha value is -1.46. The molecule has 1 heterocycles. The van der Waals surface area contributed by atoms with Crippen LogP contribution in [0.5, 0.6) is 11.6 Å². The molecule has 3 nitrogen and oxygen atoms in total. The second kappa shape index (κ2) is 5.93. The normalized spacial score (nSPS) is 10.4. The molecule has 0 fully saturated rings. The molecule has 0 aliphatic carbocycles. The number of aromatic nitrogens is 1. The lowest BCUT2D eigenvalue weighted by Gasteiger charge is -2.08. The fraction of sp³-hybridized carbons (Fsp3) is 0.154. The Balaban J connectivity index is 2.20. The van der Waals surface area contributed by atoms with Crippen molar-refractivity contribution in [2.45, 2.75) is 6.54 Å². The summed E-state index contributed by atoms with van der Waals surface area (Å²) in [7, 11) is 1.87. The van der Waals surface area contributed by atoms with E-state index in [0.717, 1.165) is 12.1 Å². The van der Waals surface area contributed by atoms with Crippen LogP contribution < -0.4 is 10.1 Å². The molecule has 1 aromatic carbocycles. The third-order valence-corrected chi connectivity index (χ3v) is 2.91. The Bertz CT molecular complexity index is 548. The fourth-order valence-corrected chi connectivity index (χ4v) is 1.92. The van der Waals surface area contributed by atoms with E-state index in [1.54, 1.807) is 12.3 Å². The molecular weight excluding hydrogens is 299 g/mol. The van der Waals surface area contributed by atoms with Crippen molar-refractivity contribution in [2.75, 3.05) is 7.05 Å². The zero-order valence-corrected chi connectivity index (χ0v) is 11.4. The first-order chi connectivity index (χ1) is 8.69. The van der Waals surface area contributed by atoms with Gasteiger partial charge in [0.05, 0.1) is 4.47 Å². The summed E-state index contributed by atoms with van der Waals surface area (Å²) in [5, 5.41) is 3.05. The fourth-order valence-electron chi connectivity index (χ4n) is 1.49. The maximum Gasteiger partial charge on any atom is 0.219 e. The van der Waals surface area contributed by atoms with E-state index in [-0.39, 0.29) is 5.82 Å². The Morgan fingerprint density at radius 3 is 2.89 bits per heavy atom. The SMILES string of the molecule is CNCc1ccnc(Oc2ccc(F)cc2Br)c1. The van der Waals surface area contributed by atoms with Gasteiger partial charge < -0.3 is 10.1 Å². The van der Waals surface area contributed by atoms with Gasteiger partial charge in [-0.3, -0.25) is 0 Å². The average molecular weight is 311 g/mol. The van der Waals surface area contributed by atoms with Gasteiger partial charge in [-0.25, -0.2) is 9.37 Å². The van der Waals surface area contributed by atoms with Crippen LogP contribution in [0.2, 0.25) is 0 Å². The first-order valence-corrected chi connectivity index (χ1v) is 6.21. The van der Waals surface area contributed by atoms with Gasteiger partial charge in [0.15, 0.2) is 0 Å². The smallest absolute Gasteiger partial charge is 0.219 e. The van der Waals surface area contributed by atoms with Crippen molar-refractivity contribution in [3.8, 4) is 11.6 Å². The number of rotatable bonds is 4. The standard InChI is InChI=1S/C13H12BrFN2O/c1-16-8-9-4-5-17-13(6-9)18-12-3-2-10(15)7-11(12)14/h2-7,16H,8H2,1H3. The maximum absolute atomic E-state index is 12.9. The molecule has 0 spiro atoms. The molecule has 0 atom stereocenters. The van der Waals surface area contributed by atoms with Crippen LogP contribution in [0, 0.1) is 5.82 Å². The predicted octanol–water partition coefficient (Wildman–Crippen LogP) is 3.49. The minimum absolute atomic E-state index is 0.314. The minimum Gasteiger partial charge on any atom is -0.438 e. The number of ether oxygens (including phenoxy) is 1. The van der Waals surface area contributed by atoms with Crippen molar-refractivity contribution < 1.29 is 9.13 Å². The van der Waals surface area contributed by atoms with Crippen molar-refractivity contribution >= 4 is 15.9 Å². The molecular formula is C13H12BrFN2O. The topological polar surface area (TPSA) is 34.2 Å². The van der Waals surface area contributed by atoms with Gasteiger partial charge in [-0.15, -0.1) is 0 Å². The van der Waals surface area contributed by atoms with Gasteiger partial charge in [0, 0.05) is 18.8 Å². The van der Waals surface area contributed by atoms with Gasteiger partial charge in [0.2, 0.25) is 5.88 Å². The van der Waals surface area contributed by atoms with E-state index in [1.807, 2.05) is 19.2 Å². The molecule has 5 heteroatoms. The molecule has 0 aliphatic heterocycles. The second-order valence-electron chi connectivity index (χ2n) is 3.71. The lowest BCUT2D eigenvalue weighted by atomic mass is 10.2. The number of hydrogen-bond acceptors (Lipinski definition) is 3. The maximum atomic E-state index is 12.9. The van der Waals surface area contributed by atoms with E-state index in [9.17, 15) is 4.39 Å². The summed E-state index contributed by atoms with van der Waals surface area (Å²) in [4.78, 5) is 4.12. The molecule has 0 radical (unpaired) electrons. The number of nitrogens with zero attached hydrogens (tertiary/aromatic N) is 1. The Kier molecular flexibility index (Phi) is 4.28. The molecule has 2 rings (SSSR count). The van der Waals surface area contributed by atoms with Crippen molar-refractivity contribution in [1.29, 1.82) is 0 Å². The third kappa shape index (κ3) is 3.27. The summed E-state index contributed by atoms with van der Waals surface area (Å²) in [6.07, 6.45) is 1.68. The lowest BCUT2D eigenvalue weighted by Crippen LogP contribution is -2.05. The third-order valence-electron chi connectivity index (χ3n) is 2.29. The average Bonchev–Trinajstić information content (AvgIpc) is 2.34. The first-order valence-electron chi connectivity index (χ1n) is 5.41. The molecule has 0 bridgehead atoms. The van der Waals surface area contributed by atoms with Crippen LogP contribution in [0.25, 0.3) is 0 Å². The summed E-state index contributed by atoms with van der Waals surface area (Å²) >= 11 is 3.25. The quantitative estimate of drug-likeness (QED) is 0.938. The van der Waals surface area contributed by atoms with Crippen LogP contribution in [-0.2, 0) is 6.54 Å². The van der Waals surface area contributed by atoms with Crippen LogP contribution >= 0.6 is 15.9 Å². The van der Waals surface area contributed by atoms with Crippen LogP contribution in [-0.4, -0.2) is 12.0 Å². The number of hydrogen-bond donors (Lipinski definition) is 1. The molecule has 1 aromatic heterocycles. The van der Waals surface area contributed by atoms with Crippen molar-refractivity contribution in [3.05, 3.63) is 52.4 Å². The minimum atomic E-state index is -0.314. The number of benzene rings is 1. The summed E-state index contributed by atoms with van der Waals surface area (Å²) in [5.41, 5.74) is 1.07. The highest BCUT2D eigenvalue weighted by Gasteiger charge is 2.05. The van der Waals surface area contributed by atoms with Gasteiger partial charge >= 0.3 is 0 Å². The summed E-state index contributed by atoms with van der Waals surface area (Å²) in [5.74, 6) is 0.701. The van der Waals surface area contributed by atoms with Crippen molar-refractivity contribution in [2.24, 2.45) is 0 Å². The molecule has 1 N–H and O–H groups in total. The monoisotopic (exact) mass is 310 g/mol. The summed E-state index contributed by atoms with van der Waals surface area (Å²) in [6, 6.07) is 8.01. The zero-order chi connectivity index (χ0) is 13.0. The van der Waals surface area contributed by atoms with E-state index >= 15 is 0 Å². The van der Waals surface area contributed by atoms with Crippen LogP contribution in [0.1, 0.15) is 5.56 Å². The molecule has 2 aromatic rings. The highest BCUT2D eigenvalue weighted by atomic mass is 79.9. The number of halogens is 2. The van der Waals surface area contributed by atoms with Crippen molar-refractivity contribution in [3.63, 3.8) is 0 Å². The van der Waals surface area contributed by atoms with E-state index < -0.39 is 0 Å². The second-order valence-corrected chi connectivity index (χ2v) is 4.56. The van der Waals surface area contributed by atoms with Gasteiger partial charge in [0.25, 0.3) is 0 Å². The number of pyridine rings is 1. The van der Waals surface area contributed by atoms with Gasteiger partial charge in [-0.1, -0.05) is 0 Å². The zero-order valence-electron chi connectivity index (χ0n) is 9.78. The Labute approximate surface area is 113 Å². The largest absolute Gasteiger partial charge is 0.438 e. The molecule has 0 saturated carbocycles. The van der Waals surface area contributed by atoms with Crippen molar-refractivity contribution in [1.82, 2.24) is 10.3 Å². The highest BCUT2D eigenvalue weighted by molar-refractivity contribution is 9.10. The summed E-state index contributed by atoms with van der Waals surface area (Å²) < 4.78 is 19.1. The van der Waals surface area contributed by atoms with Crippen LogP contribution in [0.15, 0.2) is 41.0 Å². The molecule has 0 aliphatic rings. The molecule has 0 unspecified atom stereocenters. The van der Waals surface area contributed by atoms with E-state index in [4.69, 9.17) is 4.74 Å². The lowest BCUT2D eigenvalue weighted by molar-refractivity contribution is 0.457. The first kappa shape index (κ1) is 13.0. The van der Waals surface area contributed by atoms with E-state index in [0.29, 0.717) is 16.1 Å². The predicted molar refractivity (Wildman–Crippen MR) is 71.2 cm³/mol. The molecule has 0 saturated heterocycles. The summed E-state index contributed by atoms with van der Waals surface area (Å²) in [6.45, 7) is 0.740. The Morgan fingerprint density at radius 2 is 2.17 bits per heavy atom. The molecule has 0 amide bonds. The Morgan fingerprint density at radius 1 is 1.33 bits per heavy atom. The molecule has 94 valence electrons.